The summed E-state index contributed by atoms with van der Waals surface area (Å²) in [5.41, 5.74) is -0.442. The fraction of sp³-hybridized carbons (Fsp3) is 0.533. The molecule has 0 amide bonds. The lowest BCUT2D eigenvalue weighted by Gasteiger charge is -2.16. The highest BCUT2D eigenvalue weighted by Gasteiger charge is 2.17. The molecule has 1 saturated carbocycles. The summed E-state index contributed by atoms with van der Waals surface area (Å²) < 4.78 is 26.9. The average Bonchev–Trinajstić information content (AvgIpc) is 2.66. The highest BCUT2D eigenvalue weighted by molar-refractivity contribution is 5.89. The van der Waals surface area contributed by atoms with Gasteiger partial charge in [-0.15, -0.1) is 0 Å². The Labute approximate surface area is 117 Å². The van der Waals surface area contributed by atoms with E-state index in [1.807, 2.05) is 0 Å². The zero-order chi connectivity index (χ0) is 14.5. The third-order valence-corrected chi connectivity index (χ3v) is 3.84. The van der Waals surface area contributed by atoms with Gasteiger partial charge in [-0.05, 0) is 24.8 Å². The van der Waals surface area contributed by atoms with Gasteiger partial charge in [0.05, 0.1) is 11.3 Å². The molecule has 0 aromatic heterocycles. The number of carboxylic acid groups (broad SMARTS) is 1. The van der Waals surface area contributed by atoms with Crippen molar-refractivity contribution in [2.45, 2.75) is 38.5 Å². The molecule has 0 saturated heterocycles. The first-order chi connectivity index (χ1) is 9.58. The molecule has 1 aromatic carbocycles. The van der Waals surface area contributed by atoms with Gasteiger partial charge in [-0.2, -0.15) is 0 Å². The molecular formula is C15H19F2NO2. The first-order valence-electron chi connectivity index (χ1n) is 7.04. The van der Waals surface area contributed by atoms with E-state index in [0.29, 0.717) is 18.5 Å². The largest absolute Gasteiger partial charge is 0.478 e. The zero-order valence-electron chi connectivity index (χ0n) is 11.3. The predicted octanol–water partition coefficient (Wildman–Crippen LogP) is 4.05. The molecule has 0 aliphatic heterocycles. The molecule has 0 heterocycles. The van der Waals surface area contributed by atoms with Gasteiger partial charge in [0.1, 0.15) is 11.6 Å². The van der Waals surface area contributed by atoms with Crippen LogP contribution in [0.1, 0.15) is 48.9 Å². The second-order valence-corrected chi connectivity index (χ2v) is 5.36. The van der Waals surface area contributed by atoms with Gasteiger partial charge in [0.25, 0.3) is 0 Å². The van der Waals surface area contributed by atoms with Crippen molar-refractivity contribution < 1.29 is 18.7 Å². The molecule has 0 spiro atoms. The van der Waals surface area contributed by atoms with Gasteiger partial charge in [0, 0.05) is 12.6 Å². The number of anilines is 1. The van der Waals surface area contributed by atoms with Crippen LogP contribution in [-0.2, 0) is 0 Å². The van der Waals surface area contributed by atoms with E-state index in [2.05, 4.69) is 5.32 Å². The van der Waals surface area contributed by atoms with Crippen LogP contribution >= 0.6 is 0 Å². The average molecular weight is 283 g/mol. The molecule has 2 rings (SSSR count). The minimum absolute atomic E-state index is 0.0630. The molecule has 1 aliphatic carbocycles. The third kappa shape index (κ3) is 3.68. The molecule has 3 nitrogen and oxygen atoms in total. The van der Waals surface area contributed by atoms with Gasteiger partial charge in [-0.3, -0.25) is 0 Å². The maximum atomic E-state index is 13.6. The van der Waals surface area contributed by atoms with E-state index in [1.54, 1.807) is 0 Å². The fourth-order valence-electron chi connectivity index (χ4n) is 2.67. The molecule has 2 N–H and O–H groups in total. The Hall–Kier alpha value is -1.65. The highest BCUT2D eigenvalue weighted by atomic mass is 19.1. The maximum absolute atomic E-state index is 13.6. The summed E-state index contributed by atoms with van der Waals surface area (Å²) in [5, 5.41) is 11.8. The molecule has 0 atom stereocenters. The summed E-state index contributed by atoms with van der Waals surface area (Å²) in [7, 11) is 0. The summed E-state index contributed by atoms with van der Waals surface area (Å²) in [6.45, 7) is 0.599. The number of rotatable bonds is 4. The molecule has 0 unspecified atom stereocenters. The number of benzene rings is 1. The lowest BCUT2D eigenvalue weighted by Crippen LogP contribution is -2.15. The van der Waals surface area contributed by atoms with E-state index in [4.69, 9.17) is 5.11 Å². The summed E-state index contributed by atoms with van der Waals surface area (Å²) in [6.07, 6.45) is 7.04. The van der Waals surface area contributed by atoms with Crippen molar-refractivity contribution >= 4 is 11.7 Å². The standard InChI is InChI=1S/C15H19F2NO2/c16-12-8-13(17)14(7-11(12)15(19)20)18-9-10-5-3-1-2-4-6-10/h7-8,10,18H,1-6,9H2,(H,19,20). The summed E-state index contributed by atoms with van der Waals surface area (Å²) in [6, 6.07) is 1.66. The van der Waals surface area contributed by atoms with Gasteiger partial charge in [0.15, 0.2) is 0 Å². The van der Waals surface area contributed by atoms with Crippen LogP contribution in [0, 0.1) is 17.6 Å². The van der Waals surface area contributed by atoms with Crippen molar-refractivity contribution in [1.29, 1.82) is 0 Å². The third-order valence-electron chi connectivity index (χ3n) is 3.84. The monoisotopic (exact) mass is 283 g/mol. The topological polar surface area (TPSA) is 49.3 Å². The second kappa shape index (κ2) is 6.68. The number of aromatic carboxylic acids is 1. The molecule has 0 radical (unpaired) electrons. The number of halogens is 2. The maximum Gasteiger partial charge on any atom is 0.338 e. The van der Waals surface area contributed by atoms with Crippen LogP contribution in [0.2, 0.25) is 0 Å². The van der Waals surface area contributed by atoms with Crippen LogP contribution in [0.15, 0.2) is 12.1 Å². The summed E-state index contributed by atoms with van der Waals surface area (Å²) in [4.78, 5) is 10.8. The quantitative estimate of drug-likeness (QED) is 0.820. The minimum atomic E-state index is -1.39. The smallest absolute Gasteiger partial charge is 0.338 e. The Morgan fingerprint density at radius 3 is 2.40 bits per heavy atom. The van der Waals surface area contributed by atoms with Crippen molar-refractivity contribution in [2.75, 3.05) is 11.9 Å². The van der Waals surface area contributed by atoms with Crippen LogP contribution in [-0.4, -0.2) is 17.6 Å². The number of hydrogen-bond donors (Lipinski definition) is 2. The Kier molecular flexibility index (Phi) is 4.93. The van der Waals surface area contributed by atoms with Gasteiger partial charge >= 0.3 is 5.97 Å². The molecule has 110 valence electrons. The summed E-state index contributed by atoms with van der Waals surface area (Å²) in [5.74, 6) is -2.72. The Balaban J connectivity index is 2.04. The van der Waals surface area contributed by atoms with Crippen molar-refractivity contribution in [3.8, 4) is 0 Å². The second-order valence-electron chi connectivity index (χ2n) is 5.36. The van der Waals surface area contributed by atoms with Crippen LogP contribution in [0.3, 0.4) is 0 Å². The van der Waals surface area contributed by atoms with Crippen molar-refractivity contribution in [2.24, 2.45) is 5.92 Å². The van der Waals surface area contributed by atoms with Crippen LogP contribution < -0.4 is 5.32 Å². The number of nitrogens with one attached hydrogen (secondary N) is 1. The molecule has 1 fully saturated rings. The molecule has 5 heteroatoms. The first-order valence-corrected chi connectivity index (χ1v) is 7.04. The van der Waals surface area contributed by atoms with Crippen LogP contribution in [0.4, 0.5) is 14.5 Å². The van der Waals surface area contributed by atoms with Gasteiger partial charge in [0.2, 0.25) is 0 Å². The van der Waals surface area contributed by atoms with E-state index in [9.17, 15) is 13.6 Å². The van der Waals surface area contributed by atoms with Gasteiger partial charge < -0.3 is 10.4 Å². The van der Waals surface area contributed by atoms with Gasteiger partial charge in [-0.25, -0.2) is 13.6 Å². The fourth-order valence-corrected chi connectivity index (χ4v) is 2.67. The van der Waals surface area contributed by atoms with Crippen molar-refractivity contribution in [3.05, 3.63) is 29.3 Å². The molecule has 1 aliphatic rings. The van der Waals surface area contributed by atoms with Crippen LogP contribution in [0.5, 0.6) is 0 Å². The zero-order valence-corrected chi connectivity index (χ0v) is 11.3. The first kappa shape index (κ1) is 14.8. The van der Waals surface area contributed by atoms with E-state index in [-0.39, 0.29) is 5.69 Å². The number of hydrogen-bond acceptors (Lipinski definition) is 2. The molecule has 20 heavy (non-hydrogen) atoms. The van der Waals surface area contributed by atoms with Crippen molar-refractivity contribution in [1.82, 2.24) is 0 Å². The Morgan fingerprint density at radius 2 is 1.80 bits per heavy atom. The lowest BCUT2D eigenvalue weighted by molar-refractivity contribution is 0.0692. The minimum Gasteiger partial charge on any atom is -0.478 e. The molecule has 1 aromatic rings. The SMILES string of the molecule is O=C(O)c1cc(NCC2CCCCCC2)c(F)cc1F. The van der Waals surface area contributed by atoms with Gasteiger partial charge in [-0.1, -0.05) is 25.7 Å². The Morgan fingerprint density at radius 1 is 1.15 bits per heavy atom. The number of carboxylic acids is 1. The highest BCUT2D eigenvalue weighted by Crippen LogP contribution is 2.25. The van der Waals surface area contributed by atoms with E-state index in [0.717, 1.165) is 18.9 Å². The predicted molar refractivity (Wildman–Crippen MR) is 73.0 cm³/mol. The summed E-state index contributed by atoms with van der Waals surface area (Å²) >= 11 is 0. The van der Waals surface area contributed by atoms with Crippen LogP contribution in [0.25, 0.3) is 0 Å². The van der Waals surface area contributed by atoms with E-state index < -0.39 is 23.2 Å². The van der Waals surface area contributed by atoms with E-state index in [1.165, 1.54) is 25.7 Å². The number of carbonyl (C=O) groups is 1. The Bertz CT molecular complexity index is 483. The van der Waals surface area contributed by atoms with E-state index >= 15 is 0 Å². The normalized spacial score (nSPS) is 16.7. The molecule has 0 bridgehead atoms. The lowest BCUT2D eigenvalue weighted by atomic mass is 10.0. The molecular weight excluding hydrogens is 264 g/mol. The van der Waals surface area contributed by atoms with Crippen molar-refractivity contribution in [3.63, 3.8) is 0 Å².